The molecule has 0 aromatic heterocycles. The highest BCUT2D eigenvalue weighted by atomic mass is 79.9. The van der Waals surface area contributed by atoms with E-state index >= 15 is 0 Å². The molecule has 0 amide bonds. The van der Waals surface area contributed by atoms with Crippen molar-refractivity contribution in [2.75, 3.05) is 5.32 Å². The molecule has 0 spiro atoms. The number of rotatable bonds is 1. The molecular weight excluding hydrogens is 245 g/mol. The first-order valence-corrected chi connectivity index (χ1v) is 5.74. The lowest BCUT2D eigenvalue weighted by atomic mass is 9.97. The van der Waals surface area contributed by atoms with Gasteiger partial charge in [-0.05, 0) is 52.9 Å². The van der Waals surface area contributed by atoms with E-state index in [-0.39, 0.29) is 5.82 Å². The number of anilines is 1. The average molecular weight is 258 g/mol. The Morgan fingerprint density at radius 3 is 3.07 bits per heavy atom. The van der Waals surface area contributed by atoms with E-state index in [1.807, 2.05) is 6.07 Å². The van der Waals surface area contributed by atoms with E-state index in [1.54, 1.807) is 6.07 Å². The lowest BCUT2D eigenvalue weighted by molar-refractivity contribution is 0.595. The maximum atomic E-state index is 13.2. The van der Waals surface area contributed by atoms with Gasteiger partial charge in [-0.2, -0.15) is 0 Å². The second-order valence-corrected chi connectivity index (χ2v) is 4.57. The summed E-state index contributed by atoms with van der Waals surface area (Å²) < 4.78 is 13.8. The molecule has 2 rings (SSSR count). The van der Waals surface area contributed by atoms with Crippen molar-refractivity contribution in [3.8, 4) is 0 Å². The molecule has 14 heavy (non-hydrogen) atoms. The Labute approximate surface area is 91.8 Å². The molecule has 1 unspecified atom stereocenters. The van der Waals surface area contributed by atoms with Crippen molar-refractivity contribution in [3.05, 3.63) is 28.0 Å². The van der Waals surface area contributed by atoms with E-state index in [0.717, 1.165) is 30.5 Å². The van der Waals surface area contributed by atoms with Crippen LogP contribution in [-0.2, 0) is 6.42 Å². The fourth-order valence-corrected chi connectivity index (χ4v) is 2.20. The van der Waals surface area contributed by atoms with Crippen LogP contribution in [0.2, 0.25) is 0 Å². The normalized spacial score (nSPS) is 20.1. The molecule has 1 N–H and O–H groups in total. The van der Waals surface area contributed by atoms with Crippen molar-refractivity contribution in [2.45, 2.75) is 32.2 Å². The van der Waals surface area contributed by atoms with Crippen molar-refractivity contribution in [2.24, 2.45) is 0 Å². The second kappa shape index (κ2) is 3.89. The highest BCUT2D eigenvalue weighted by molar-refractivity contribution is 9.10. The highest BCUT2D eigenvalue weighted by Gasteiger charge is 2.17. The number of aryl methyl sites for hydroxylation is 1. The van der Waals surface area contributed by atoms with Gasteiger partial charge in [0, 0.05) is 11.7 Å². The number of hydrogen-bond acceptors (Lipinski definition) is 1. The summed E-state index contributed by atoms with van der Waals surface area (Å²) in [6.07, 6.45) is 3.20. The van der Waals surface area contributed by atoms with Crippen LogP contribution in [0, 0.1) is 5.82 Å². The lowest BCUT2D eigenvalue weighted by Crippen LogP contribution is -2.24. The topological polar surface area (TPSA) is 12.0 Å². The smallest absolute Gasteiger partial charge is 0.137 e. The van der Waals surface area contributed by atoms with Crippen molar-refractivity contribution in [3.63, 3.8) is 0 Å². The second-order valence-electron chi connectivity index (χ2n) is 3.71. The van der Waals surface area contributed by atoms with E-state index in [9.17, 15) is 4.39 Å². The summed E-state index contributed by atoms with van der Waals surface area (Å²) in [6.45, 7) is 2.17. The van der Waals surface area contributed by atoms with Gasteiger partial charge in [-0.1, -0.05) is 6.92 Å². The fraction of sp³-hybridized carbons (Fsp3) is 0.455. The van der Waals surface area contributed by atoms with Crippen LogP contribution in [-0.4, -0.2) is 6.04 Å². The van der Waals surface area contributed by atoms with Crippen molar-refractivity contribution >= 4 is 21.6 Å². The molecule has 1 aromatic rings. The minimum Gasteiger partial charge on any atom is -0.382 e. The van der Waals surface area contributed by atoms with Gasteiger partial charge < -0.3 is 5.32 Å². The monoisotopic (exact) mass is 257 g/mol. The molecule has 0 fully saturated rings. The third kappa shape index (κ3) is 1.78. The van der Waals surface area contributed by atoms with Crippen LogP contribution in [0.5, 0.6) is 0 Å². The van der Waals surface area contributed by atoms with Crippen LogP contribution in [0.1, 0.15) is 25.3 Å². The van der Waals surface area contributed by atoms with Crippen LogP contribution in [0.4, 0.5) is 10.1 Å². The van der Waals surface area contributed by atoms with Gasteiger partial charge in [-0.25, -0.2) is 4.39 Å². The molecular formula is C11H13BrFN. The fourth-order valence-electron chi connectivity index (χ4n) is 1.86. The predicted molar refractivity (Wildman–Crippen MR) is 60.1 cm³/mol. The maximum Gasteiger partial charge on any atom is 0.137 e. The summed E-state index contributed by atoms with van der Waals surface area (Å²) in [5.41, 5.74) is 2.17. The summed E-state index contributed by atoms with van der Waals surface area (Å²) in [5, 5.41) is 3.42. The largest absolute Gasteiger partial charge is 0.382 e. The van der Waals surface area contributed by atoms with Crippen molar-refractivity contribution in [1.82, 2.24) is 0 Å². The Morgan fingerprint density at radius 2 is 2.36 bits per heavy atom. The van der Waals surface area contributed by atoms with Gasteiger partial charge in [0.2, 0.25) is 0 Å². The van der Waals surface area contributed by atoms with Gasteiger partial charge in [0.05, 0.1) is 4.47 Å². The molecule has 1 aliphatic heterocycles. The van der Waals surface area contributed by atoms with Gasteiger partial charge in [-0.3, -0.25) is 0 Å². The predicted octanol–water partition coefficient (Wildman–Crippen LogP) is 3.72. The molecule has 3 heteroatoms. The molecule has 76 valence electrons. The molecule has 1 aliphatic rings. The number of fused-ring (bicyclic) bond motifs is 1. The third-order valence-electron chi connectivity index (χ3n) is 2.76. The van der Waals surface area contributed by atoms with Crippen molar-refractivity contribution < 1.29 is 4.39 Å². The zero-order valence-corrected chi connectivity index (χ0v) is 9.70. The molecule has 0 radical (unpaired) electrons. The standard InChI is InChI=1S/C11H13BrFN/c1-2-8-4-3-7-5-10(13)9(12)6-11(7)14-8/h5-6,8,14H,2-4H2,1H3. The van der Waals surface area contributed by atoms with Crippen molar-refractivity contribution in [1.29, 1.82) is 0 Å². The number of nitrogens with one attached hydrogen (secondary N) is 1. The lowest BCUT2D eigenvalue weighted by Gasteiger charge is -2.26. The molecule has 1 heterocycles. The maximum absolute atomic E-state index is 13.2. The summed E-state index contributed by atoms with van der Waals surface area (Å²) in [6, 6.07) is 4.00. The molecule has 1 atom stereocenters. The van der Waals surface area contributed by atoms with Crippen LogP contribution in [0.25, 0.3) is 0 Å². The Bertz CT molecular complexity index is 351. The van der Waals surface area contributed by atoms with E-state index in [1.165, 1.54) is 0 Å². The zero-order valence-electron chi connectivity index (χ0n) is 8.11. The van der Waals surface area contributed by atoms with E-state index in [4.69, 9.17) is 0 Å². The summed E-state index contributed by atoms with van der Waals surface area (Å²) >= 11 is 3.20. The quantitative estimate of drug-likeness (QED) is 0.809. The molecule has 1 aromatic carbocycles. The Kier molecular flexibility index (Phi) is 2.77. The van der Waals surface area contributed by atoms with Gasteiger partial charge in [0.1, 0.15) is 5.82 Å². The van der Waals surface area contributed by atoms with E-state index in [2.05, 4.69) is 28.2 Å². The molecule has 1 nitrogen and oxygen atoms in total. The SMILES string of the molecule is CCC1CCc2cc(F)c(Br)cc2N1. The third-order valence-corrected chi connectivity index (χ3v) is 3.37. The van der Waals surface area contributed by atoms with Gasteiger partial charge >= 0.3 is 0 Å². The Morgan fingerprint density at radius 1 is 1.57 bits per heavy atom. The van der Waals surface area contributed by atoms with Crippen LogP contribution < -0.4 is 5.32 Å². The molecule has 0 saturated carbocycles. The van der Waals surface area contributed by atoms with Gasteiger partial charge in [0.15, 0.2) is 0 Å². The molecule has 0 bridgehead atoms. The Hall–Kier alpha value is -0.570. The molecule has 0 aliphatic carbocycles. The minimum absolute atomic E-state index is 0.166. The number of halogens is 2. The van der Waals surface area contributed by atoms with Gasteiger partial charge in [0.25, 0.3) is 0 Å². The van der Waals surface area contributed by atoms with Crippen LogP contribution in [0.3, 0.4) is 0 Å². The van der Waals surface area contributed by atoms with E-state index in [0.29, 0.717) is 10.5 Å². The van der Waals surface area contributed by atoms with Crippen LogP contribution in [0.15, 0.2) is 16.6 Å². The first-order valence-electron chi connectivity index (χ1n) is 4.95. The minimum atomic E-state index is -0.166. The molecule has 0 saturated heterocycles. The van der Waals surface area contributed by atoms with Crippen LogP contribution >= 0.6 is 15.9 Å². The summed E-state index contributed by atoms with van der Waals surface area (Å²) in [4.78, 5) is 0. The highest BCUT2D eigenvalue weighted by Crippen LogP contribution is 2.30. The number of benzene rings is 1. The Balaban J connectivity index is 2.33. The number of hydrogen-bond donors (Lipinski definition) is 1. The summed E-state index contributed by atoms with van der Waals surface area (Å²) in [5.74, 6) is -0.166. The summed E-state index contributed by atoms with van der Waals surface area (Å²) in [7, 11) is 0. The van der Waals surface area contributed by atoms with Gasteiger partial charge in [-0.15, -0.1) is 0 Å². The first kappa shape index (κ1) is 9.97. The van der Waals surface area contributed by atoms with E-state index < -0.39 is 0 Å². The first-order chi connectivity index (χ1) is 6.70. The average Bonchev–Trinajstić information content (AvgIpc) is 2.19. The zero-order chi connectivity index (χ0) is 10.1.